The molecule has 0 aliphatic heterocycles. The normalized spacial score (nSPS) is 11.5. The van der Waals surface area contributed by atoms with Crippen LogP contribution >= 0.6 is 11.6 Å². The van der Waals surface area contributed by atoms with E-state index < -0.39 is 17.1 Å². The zero-order chi connectivity index (χ0) is 20.8. The summed E-state index contributed by atoms with van der Waals surface area (Å²) in [5.41, 5.74) is 7.51. The highest BCUT2D eigenvalue weighted by Crippen LogP contribution is 2.29. The Morgan fingerprint density at radius 3 is 2.59 bits per heavy atom. The van der Waals surface area contributed by atoms with Crippen LogP contribution in [0, 0.1) is 0 Å². The Hall–Kier alpha value is -3.14. The lowest BCUT2D eigenvalue weighted by molar-refractivity contribution is 0.262. The van der Waals surface area contributed by atoms with Gasteiger partial charge in [0.1, 0.15) is 5.75 Å². The topological polar surface area (TPSA) is 127 Å². The second-order valence-corrected chi connectivity index (χ2v) is 7.28. The van der Waals surface area contributed by atoms with Crippen LogP contribution in [0.1, 0.15) is 5.56 Å². The van der Waals surface area contributed by atoms with Crippen LogP contribution in [0.15, 0.2) is 60.8 Å². The predicted molar refractivity (Wildman–Crippen MR) is 114 cm³/mol. The SMILES string of the molecule is Nc1ncc(Cl)cc1Oc1cccc(NC(=O)Nc2ccc(CS(=O)O)cc2)c1. The molecule has 0 spiro atoms. The Balaban J connectivity index is 1.63. The van der Waals surface area contributed by atoms with Crippen molar-refractivity contribution in [2.45, 2.75) is 5.75 Å². The van der Waals surface area contributed by atoms with Crippen molar-refractivity contribution in [3.05, 3.63) is 71.4 Å². The van der Waals surface area contributed by atoms with E-state index in [9.17, 15) is 9.00 Å². The third kappa shape index (κ3) is 6.18. The van der Waals surface area contributed by atoms with Crippen molar-refractivity contribution in [3.8, 4) is 11.5 Å². The maximum Gasteiger partial charge on any atom is 0.323 e. The number of hydrogen-bond donors (Lipinski definition) is 4. The van der Waals surface area contributed by atoms with Gasteiger partial charge in [0.2, 0.25) is 0 Å². The summed E-state index contributed by atoms with van der Waals surface area (Å²) in [7, 11) is 0. The molecular weight excluding hydrogens is 416 g/mol. The van der Waals surface area contributed by atoms with Crippen molar-refractivity contribution in [2.75, 3.05) is 16.4 Å². The molecular formula is C19H17ClN4O4S. The van der Waals surface area contributed by atoms with Crippen LogP contribution in [-0.4, -0.2) is 19.8 Å². The first-order chi connectivity index (χ1) is 13.9. The van der Waals surface area contributed by atoms with Crippen molar-refractivity contribution >= 4 is 45.9 Å². The summed E-state index contributed by atoms with van der Waals surface area (Å²) in [6.45, 7) is 0. The molecule has 0 saturated heterocycles. The van der Waals surface area contributed by atoms with Gasteiger partial charge in [0, 0.05) is 29.7 Å². The number of ether oxygens (including phenoxy) is 1. The molecule has 2 aromatic carbocycles. The zero-order valence-electron chi connectivity index (χ0n) is 15.0. The van der Waals surface area contributed by atoms with Crippen molar-refractivity contribution in [3.63, 3.8) is 0 Å². The fourth-order valence-electron chi connectivity index (χ4n) is 2.40. The molecule has 8 nitrogen and oxygen atoms in total. The summed E-state index contributed by atoms with van der Waals surface area (Å²) in [5.74, 6) is 0.980. The highest BCUT2D eigenvalue weighted by molar-refractivity contribution is 7.78. The van der Waals surface area contributed by atoms with Gasteiger partial charge in [0.25, 0.3) is 0 Å². The molecule has 0 fully saturated rings. The molecule has 0 aliphatic carbocycles. The van der Waals surface area contributed by atoms with Crippen molar-refractivity contribution in [1.29, 1.82) is 0 Å². The Morgan fingerprint density at radius 1 is 1.14 bits per heavy atom. The second kappa shape index (κ2) is 9.37. The van der Waals surface area contributed by atoms with Gasteiger partial charge in [-0.25, -0.2) is 14.0 Å². The fraction of sp³-hybridized carbons (Fsp3) is 0.0526. The van der Waals surface area contributed by atoms with E-state index in [0.29, 0.717) is 33.5 Å². The van der Waals surface area contributed by atoms with Crippen LogP contribution < -0.4 is 21.1 Å². The van der Waals surface area contributed by atoms with Gasteiger partial charge in [-0.3, -0.25) is 0 Å². The Labute approximate surface area is 174 Å². The van der Waals surface area contributed by atoms with Crippen LogP contribution in [0.25, 0.3) is 0 Å². The van der Waals surface area contributed by atoms with E-state index in [0.717, 1.165) is 0 Å². The Kier molecular flexibility index (Phi) is 6.65. The molecule has 5 N–H and O–H groups in total. The van der Waals surface area contributed by atoms with Crippen LogP contribution in [0.2, 0.25) is 5.02 Å². The predicted octanol–water partition coefficient (Wildman–Crippen LogP) is 4.48. The molecule has 2 amide bonds. The maximum absolute atomic E-state index is 12.2. The number of benzene rings is 2. The Morgan fingerprint density at radius 2 is 1.86 bits per heavy atom. The number of hydrogen-bond acceptors (Lipinski definition) is 5. The number of carbonyl (C=O) groups excluding carboxylic acids is 1. The van der Waals surface area contributed by atoms with E-state index in [1.165, 1.54) is 6.20 Å². The smallest absolute Gasteiger partial charge is 0.323 e. The largest absolute Gasteiger partial charge is 0.453 e. The number of aromatic nitrogens is 1. The van der Waals surface area contributed by atoms with Crippen LogP contribution in [0.4, 0.5) is 22.0 Å². The highest BCUT2D eigenvalue weighted by atomic mass is 35.5. The van der Waals surface area contributed by atoms with E-state index in [4.69, 9.17) is 26.6 Å². The Bertz CT molecular complexity index is 1050. The molecule has 0 bridgehead atoms. The standard InChI is InChI=1S/C19H17ClN4O4S/c20-13-8-17(18(21)22-10-13)28-16-3-1-2-15(9-16)24-19(25)23-14-6-4-12(5-7-14)11-29(26)27/h1-10H,11H2,(H2,21,22)(H,26,27)(H2,23,24,25). The maximum atomic E-state index is 12.2. The molecule has 0 saturated carbocycles. The molecule has 29 heavy (non-hydrogen) atoms. The first-order valence-corrected chi connectivity index (χ1v) is 9.98. The first kappa shape index (κ1) is 20.6. The molecule has 150 valence electrons. The zero-order valence-corrected chi connectivity index (χ0v) is 16.5. The average Bonchev–Trinajstić information content (AvgIpc) is 2.66. The number of pyridine rings is 1. The number of nitrogen functional groups attached to an aromatic ring is 1. The van der Waals surface area contributed by atoms with Gasteiger partial charge in [-0.15, -0.1) is 0 Å². The van der Waals surface area contributed by atoms with E-state index in [1.54, 1.807) is 54.6 Å². The molecule has 3 aromatic rings. The lowest BCUT2D eigenvalue weighted by atomic mass is 10.2. The fourth-order valence-corrected chi connectivity index (χ4v) is 3.02. The first-order valence-electron chi connectivity index (χ1n) is 8.32. The molecule has 1 heterocycles. The van der Waals surface area contributed by atoms with Gasteiger partial charge < -0.3 is 25.7 Å². The summed E-state index contributed by atoms with van der Waals surface area (Å²) >= 11 is 3.99. The van der Waals surface area contributed by atoms with Crippen molar-refractivity contribution in [2.24, 2.45) is 0 Å². The summed E-state index contributed by atoms with van der Waals surface area (Å²) in [5, 5.41) is 5.77. The number of halogens is 1. The van der Waals surface area contributed by atoms with Crippen molar-refractivity contribution in [1.82, 2.24) is 4.98 Å². The lowest BCUT2D eigenvalue weighted by Crippen LogP contribution is -2.19. The van der Waals surface area contributed by atoms with Crippen molar-refractivity contribution < 1.29 is 18.3 Å². The van der Waals surface area contributed by atoms with Gasteiger partial charge >= 0.3 is 6.03 Å². The number of anilines is 3. The van der Waals surface area contributed by atoms with E-state index in [1.807, 2.05) is 0 Å². The molecule has 10 heteroatoms. The third-order valence-corrected chi connectivity index (χ3v) is 4.46. The van der Waals surface area contributed by atoms with Gasteiger partial charge in [0.15, 0.2) is 22.6 Å². The van der Waals surface area contributed by atoms with E-state index >= 15 is 0 Å². The van der Waals surface area contributed by atoms with Crippen LogP contribution in [0.3, 0.4) is 0 Å². The summed E-state index contributed by atoms with van der Waals surface area (Å²) in [4.78, 5) is 16.1. The summed E-state index contributed by atoms with van der Waals surface area (Å²) in [6.07, 6.45) is 1.42. The lowest BCUT2D eigenvalue weighted by Gasteiger charge is -2.11. The van der Waals surface area contributed by atoms with Crippen LogP contribution in [0.5, 0.6) is 11.5 Å². The van der Waals surface area contributed by atoms with E-state index in [-0.39, 0.29) is 11.6 Å². The van der Waals surface area contributed by atoms with Gasteiger partial charge in [-0.05, 0) is 29.8 Å². The quantitative estimate of drug-likeness (QED) is 0.425. The number of rotatable bonds is 6. The second-order valence-electron chi connectivity index (χ2n) is 5.91. The minimum Gasteiger partial charge on any atom is -0.453 e. The summed E-state index contributed by atoms with van der Waals surface area (Å²) < 4.78 is 25.4. The number of amides is 2. The molecule has 1 aromatic heterocycles. The summed E-state index contributed by atoms with van der Waals surface area (Å²) in [6, 6.07) is 14.5. The molecule has 3 rings (SSSR count). The molecule has 1 atom stereocenters. The minimum absolute atomic E-state index is 0.0337. The van der Waals surface area contributed by atoms with Gasteiger partial charge in [-0.2, -0.15) is 0 Å². The van der Waals surface area contributed by atoms with Gasteiger partial charge in [-0.1, -0.05) is 29.8 Å². The monoisotopic (exact) mass is 432 g/mol. The van der Waals surface area contributed by atoms with Gasteiger partial charge in [0.05, 0.1) is 10.8 Å². The number of nitrogens with zero attached hydrogens (tertiary/aromatic N) is 1. The average molecular weight is 433 g/mol. The molecule has 0 aliphatic rings. The number of carbonyl (C=O) groups is 1. The highest BCUT2D eigenvalue weighted by Gasteiger charge is 2.08. The molecule has 1 unspecified atom stereocenters. The number of nitrogens with one attached hydrogen (secondary N) is 2. The number of nitrogens with two attached hydrogens (primary N) is 1. The number of urea groups is 1. The molecule has 0 radical (unpaired) electrons. The van der Waals surface area contributed by atoms with Crippen LogP contribution in [-0.2, 0) is 16.8 Å². The third-order valence-electron chi connectivity index (χ3n) is 3.67. The minimum atomic E-state index is -1.91. The van der Waals surface area contributed by atoms with E-state index in [2.05, 4.69) is 15.6 Å².